The minimum atomic E-state index is -0.489. The van der Waals surface area contributed by atoms with Gasteiger partial charge in [-0.2, -0.15) is 0 Å². The third-order valence-electron chi connectivity index (χ3n) is 3.07. The lowest BCUT2D eigenvalue weighted by molar-refractivity contribution is 0.235. The monoisotopic (exact) mass is 231 g/mol. The summed E-state index contributed by atoms with van der Waals surface area (Å²) in [5, 5.41) is 3.68. The van der Waals surface area contributed by atoms with Crippen molar-refractivity contribution in [2.24, 2.45) is 0 Å². The van der Waals surface area contributed by atoms with Crippen molar-refractivity contribution < 1.29 is 4.52 Å². The van der Waals surface area contributed by atoms with Crippen LogP contribution >= 0.6 is 0 Å². The lowest BCUT2D eigenvalue weighted by Crippen LogP contribution is -2.30. The second-order valence-corrected chi connectivity index (χ2v) is 4.27. The average molecular weight is 231 g/mol. The third-order valence-corrected chi connectivity index (χ3v) is 3.07. The standard InChI is InChI=1S/C12H13N3O2/c16-12-13-11(14-17-12)8-15-6-5-9-3-1-2-4-10(9)7-15/h1-4H,5-8H2,(H,13,14,16). The van der Waals surface area contributed by atoms with Gasteiger partial charge in [0.1, 0.15) is 0 Å². The number of aromatic nitrogens is 2. The number of rotatable bonds is 2. The fourth-order valence-corrected chi connectivity index (χ4v) is 2.23. The van der Waals surface area contributed by atoms with E-state index in [1.807, 2.05) is 0 Å². The Labute approximate surface area is 98.0 Å². The van der Waals surface area contributed by atoms with Crippen molar-refractivity contribution in [1.82, 2.24) is 15.0 Å². The predicted octanol–water partition coefficient (Wildman–Crippen LogP) is 0.921. The highest BCUT2D eigenvalue weighted by molar-refractivity contribution is 5.29. The summed E-state index contributed by atoms with van der Waals surface area (Å²) in [5.41, 5.74) is 2.77. The lowest BCUT2D eigenvalue weighted by atomic mass is 10.00. The molecule has 0 bridgehead atoms. The van der Waals surface area contributed by atoms with Gasteiger partial charge in [-0.3, -0.25) is 14.4 Å². The molecule has 0 amide bonds. The highest BCUT2D eigenvalue weighted by Crippen LogP contribution is 2.19. The van der Waals surface area contributed by atoms with E-state index >= 15 is 0 Å². The van der Waals surface area contributed by atoms with Gasteiger partial charge >= 0.3 is 5.76 Å². The number of H-pyrrole nitrogens is 1. The molecule has 0 aliphatic carbocycles. The number of fused-ring (bicyclic) bond motifs is 1. The Kier molecular flexibility index (Phi) is 2.53. The normalized spacial score (nSPS) is 15.8. The molecule has 5 nitrogen and oxygen atoms in total. The van der Waals surface area contributed by atoms with Crippen LogP contribution in [0, 0.1) is 0 Å². The molecular formula is C12H13N3O2. The van der Waals surface area contributed by atoms with Gasteiger partial charge < -0.3 is 0 Å². The fourth-order valence-electron chi connectivity index (χ4n) is 2.23. The van der Waals surface area contributed by atoms with Crippen LogP contribution in [0.4, 0.5) is 0 Å². The molecule has 1 aromatic carbocycles. The predicted molar refractivity (Wildman–Crippen MR) is 61.4 cm³/mol. The molecule has 0 unspecified atom stereocenters. The van der Waals surface area contributed by atoms with Gasteiger partial charge in [0.25, 0.3) is 0 Å². The summed E-state index contributed by atoms with van der Waals surface area (Å²) in [4.78, 5) is 15.6. The Balaban J connectivity index is 1.74. The second kappa shape index (κ2) is 4.18. The smallest absolute Gasteiger partial charge is 0.296 e. The number of hydrogen-bond acceptors (Lipinski definition) is 4. The second-order valence-electron chi connectivity index (χ2n) is 4.27. The molecule has 88 valence electrons. The van der Waals surface area contributed by atoms with Crippen LogP contribution in [-0.2, 0) is 19.5 Å². The van der Waals surface area contributed by atoms with E-state index in [9.17, 15) is 4.79 Å². The van der Waals surface area contributed by atoms with Crippen molar-refractivity contribution in [2.75, 3.05) is 6.54 Å². The van der Waals surface area contributed by atoms with E-state index in [1.165, 1.54) is 11.1 Å². The van der Waals surface area contributed by atoms with Crippen molar-refractivity contribution in [1.29, 1.82) is 0 Å². The van der Waals surface area contributed by atoms with Crippen LogP contribution in [0.25, 0.3) is 0 Å². The Hall–Kier alpha value is -1.88. The first-order valence-corrected chi connectivity index (χ1v) is 5.65. The van der Waals surface area contributed by atoms with E-state index in [0.717, 1.165) is 19.5 Å². The molecular weight excluding hydrogens is 218 g/mol. The summed E-state index contributed by atoms with van der Waals surface area (Å²) in [6.45, 7) is 2.50. The van der Waals surface area contributed by atoms with E-state index in [1.54, 1.807) is 0 Å². The summed E-state index contributed by atoms with van der Waals surface area (Å²) < 4.78 is 4.49. The minimum Gasteiger partial charge on any atom is -0.296 e. The first kappa shape index (κ1) is 10.3. The summed E-state index contributed by atoms with van der Waals surface area (Å²) >= 11 is 0. The molecule has 17 heavy (non-hydrogen) atoms. The van der Waals surface area contributed by atoms with Gasteiger partial charge in [0.15, 0.2) is 5.82 Å². The maximum atomic E-state index is 10.8. The molecule has 3 rings (SSSR count). The summed E-state index contributed by atoms with van der Waals surface area (Å²) in [6.07, 6.45) is 1.04. The van der Waals surface area contributed by atoms with Crippen LogP contribution < -0.4 is 5.76 Å². The number of aromatic amines is 1. The van der Waals surface area contributed by atoms with Crippen LogP contribution in [0.1, 0.15) is 17.0 Å². The summed E-state index contributed by atoms with van der Waals surface area (Å²) in [5.74, 6) is 0.104. The zero-order valence-corrected chi connectivity index (χ0v) is 9.35. The van der Waals surface area contributed by atoms with Crippen molar-refractivity contribution >= 4 is 0 Å². The van der Waals surface area contributed by atoms with Gasteiger partial charge in [0, 0.05) is 13.1 Å². The van der Waals surface area contributed by atoms with Crippen molar-refractivity contribution in [3.05, 3.63) is 51.8 Å². The van der Waals surface area contributed by atoms with Crippen LogP contribution in [-0.4, -0.2) is 21.6 Å². The van der Waals surface area contributed by atoms with Crippen molar-refractivity contribution in [2.45, 2.75) is 19.5 Å². The molecule has 0 saturated carbocycles. The van der Waals surface area contributed by atoms with Gasteiger partial charge in [-0.1, -0.05) is 29.4 Å². The van der Waals surface area contributed by atoms with Gasteiger partial charge in [-0.25, -0.2) is 4.79 Å². The molecule has 1 N–H and O–H groups in total. The van der Waals surface area contributed by atoms with Crippen LogP contribution in [0.2, 0.25) is 0 Å². The zero-order chi connectivity index (χ0) is 11.7. The Morgan fingerprint density at radius 1 is 1.35 bits per heavy atom. The Bertz CT molecular complexity index is 573. The first-order chi connectivity index (χ1) is 8.31. The molecule has 0 radical (unpaired) electrons. The molecule has 2 heterocycles. The quantitative estimate of drug-likeness (QED) is 0.834. The van der Waals surface area contributed by atoms with Crippen LogP contribution in [0.5, 0.6) is 0 Å². The highest BCUT2D eigenvalue weighted by atomic mass is 16.5. The maximum Gasteiger partial charge on any atom is 0.438 e. The molecule has 1 aliphatic rings. The molecule has 1 aromatic heterocycles. The largest absolute Gasteiger partial charge is 0.438 e. The van der Waals surface area contributed by atoms with E-state index in [0.29, 0.717) is 12.4 Å². The Morgan fingerprint density at radius 3 is 2.94 bits per heavy atom. The van der Waals surface area contributed by atoms with E-state index < -0.39 is 5.76 Å². The van der Waals surface area contributed by atoms with Gasteiger partial charge in [-0.15, -0.1) is 0 Å². The van der Waals surface area contributed by atoms with Gasteiger partial charge in [0.05, 0.1) is 6.54 Å². The summed E-state index contributed by atoms with van der Waals surface area (Å²) in [7, 11) is 0. The zero-order valence-electron chi connectivity index (χ0n) is 9.35. The average Bonchev–Trinajstić information content (AvgIpc) is 2.75. The van der Waals surface area contributed by atoms with E-state index in [-0.39, 0.29) is 0 Å². The molecule has 5 heteroatoms. The molecule has 2 aromatic rings. The number of nitrogens with zero attached hydrogens (tertiary/aromatic N) is 2. The number of hydrogen-bond donors (Lipinski definition) is 1. The highest BCUT2D eigenvalue weighted by Gasteiger charge is 2.16. The van der Waals surface area contributed by atoms with Crippen LogP contribution in [0.3, 0.4) is 0 Å². The molecule has 0 saturated heterocycles. The van der Waals surface area contributed by atoms with Crippen molar-refractivity contribution in [3.63, 3.8) is 0 Å². The SMILES string of the molecule is O=c1[nH]c(CN2CCc3ccccc3C2)no1. The number of benzene rings is 1. The molecule has 0 spiro atoms. The van der Waals surface area contributed by atoms with E-state index in [2.05, 4.69) is 43.8 Å². The lowest BCUT2D eigenvalue weighted by Gasteiger charge is -2.27. The summed E-state index contributed by atoms with van der Waals surface area (Å²) in [6, 6.07) is 8.45. The molecule has 1 aliphatic heterocycles. The molecule has 0 fully saturated rings. The Morgan fingerprint density at radius 2 is 2.18 bits per heavy atom. The van der Waals surface area contributed by atoms with E-state index in [4.69, 9.17) is 0 Å². The topological polar surface area (TPSA) is 62.1 Å². The van der Waals surface area contributed by atoms with Crippen molar-refractivity contribution in [3.8, 4) is 0 Å². The molecule has 0 atom stereocenters. The van der Waals surface area contributed by atoms with Crippen LogP contribution in [0.15, 0.2) is 33.6 Å². The number of nitrogens with one attached hydrogen (secondary N) is 1. The van der Waals surface area contributed by atoms with Gasteiger partial charge in [0.2, 0.25) is 0 Å². The fraction of sp³-hybridized carbons (Fsp3) is 0.333. The first-order valence-electron chi connectivity index (χ1n) is 5.65. The third kappa shape index (κ3) is 2.14. The minimum absolute atomic E-state index is 0.489. The maximum absolute atomic E-state index is 10.8. The van der Waals surface area contributed by atoms with Gasteiger partial charge in [-0.05, 0) is 17.5 Å².